The number of benzene rings is 1. The van der Waals surface area contributed by atoms with Crippen LogP contribution < -0.4 is 14.8 Å². The average Bonchev–Trinajstić information content (AvgIpc) is 3.36. The van der Waals surface area contributed by atoms with E-state index in [0.29, 0.717) is 23.8 Å². The SMILES string of the molecule is COc1ccccc1OCc1ccc(C(=O)NCCCc2nnc3n2CCCCC3)o1. The summed E-state index contributed by atoms with van der Waals surface area (Å²) in [6.45, 7) is 1.76. The lowest BCUT2D eigenvalue weighted by Gasteiger charge is -2.09. The summed E-state index contributed by atoms with van der Waals surface area (Å²) in [4.78, 5) is 12.4. The number of rotatable bonds is 9. The predicted octanol–water partition coefficient (Wildman–Crippen LogP) is 3.55. The molecule has 1 aromatic carbocycles. The molecule has 0 saturated heterocycles. The second-order valence-corrected chi connectivity index (χ2v) is 7.56. The number of carbonyl (C=O) groups excluding carboxylic acids is 1. The van der Waals surface area contributed by atoms with Gasteiger partial charge >= 0.3 is 0 Å². The number of aryl methyl sites for hydroxylation is 2. The van der Waals surface area contributed by atoms with Gasteiger partial charge in [-0.05, 0) is 43.5 Å². The number of carbonyl (C=O) groups is 1. The van der Waals surface area contributed by atoms with Gasteiger partial charge in [0.05, 0.1) is 7.11 Å². The molecule has 1 N–H and O–H groups in total. The molecule has 0 radical (unpaired) electrons. The van der Waals surface area contributed by atoms with E-state index >= 15 is 0 Å². The number of furan rings is 1. The van der Waals surface area contributed by atoms with Crippen molar-refractivity contribution in [3.8, 4) is 11.5 Å². The molecule has 0 unspecified atom stereocenters. The fraction of sp³-hybridized carbons (Fsp3) is 0.435. The van der Waals surface area contributed by atoms with E-state index in [4.69, 9.17) is 13.9 Å². The lowest BCUT2D eigenvalue weighted by atomic mass is 10.2. The minimum Gasteiger partial charge on any atom is -0.493 e. The van der Waals surface area contributed by atoms with Gasteiger partial charge in [0.25, 0.3) is 5.91 Å². The van der Waals surface area contributed by atoms with Crippen LogP contribution in [0.3, 0.4) is 0 Å². The molecule has 3 heterocycles. The van der Waals surface area contributed by atoms with Gasteiger partial charge in [0.15, 0.2) is 17.3 Å². The monoisotopic (exact) mass is 424 g/mol. The maximum absolute atomic E-state index is 12.4. The second kappa shape index (κ2) is 10.1. The highest BCUT2D eigenvalue weighted by atomic mass is 16.5. The van der Waals surface area contributed by atoms with Crippen LogP contribution in [0.4, 0.5) is 0 Å². The van der Waals surface area contributed by atoms with Crippen molar-refractivity contribution < 1.29 is 18.7 Å². The summed E-state index contributed by atoms with van der Waals surface area (Å²) in [5, 5.41) is 11.6. The standard InChI is InChI=1S/C23H28N4O4/c1-29-18-8-4-5-9-19(18)30-16-17-12-13-20(31-17)23(28)24-14-7-11-22-26-25-21-10-3-2-6-15-27(21)22/h4-5,8-9,12-13H,2-3,6-7,10-11,14-16H2,1H3,(H,24,28). The van der Waals surface area contributed by atoms with E-state index < -0.39 is 0 Å². The highest BCUT2D eigenvalue weighted by molar-refractivity contribution is 5.91. The summed E-state index contributed by atoms with van der Waals surface area (Å²) in [6.07, 6.45) is 6.21. The number of methoxy groups -OCH3 is 1. The van der Waals surface area contributed by atoms with Gasteiger partial charge in [0, 0.05) is 25.9 Å². The van der Waals surface area contributed by atoms with Crippen LogP contribution in [0.1, 0.15) is 53.6 Å². The second-order valence-electron chi connectivity index (χ2n) is 7.56. The summed E-state index contributed by atoms with van der Waals surface area (Å²) in [7, 11) is 1.59. The molecule has 31 heavy (non-hydrogen) atoms. The Kier molecular flexibility index (Phi) is 6.86. The minimum absolute atomic E-state index is 0.214. The van der Waals surface area contributed by atoms with Gasteiger partial charge in [0.2, 0.25) is 0 Å². The maximum atomic E-state index is 12.4. The summed E-state index contributed by atoms with van der Waals surface area (Å²) >= 11 is 0. The van der Waals surface area contributed by atoms with Crippen molar-refractivity contribution in [1.82, 2.24) is 20.1 Å². The average molecular weight is 425 g/mol. The molecule has 0 saturated carbocycles. The maximum Gasteiger partial charge on any atom is 0.286 e. The summed E-state index contributed by atoms with van der Waals surface area (Å²) < 4.78 is 18.9. The smallest absolute Gasteiger partial charge is 0.286 e. The van der Waals surface area contributed by atoms with Crippen molar-refractivity contribution in [2.24, 2.45) is 0 Å². The third-order valence-corrected chi connectivity index (χ3v) is 5.37. The Balaban J connectivity index is 1.23. The first-order valence-corrected chi connectivity index (χ1v) is 10.8. The van der Waals surface area contributed by atoms with Crippen molar-refractivity contribution in [3.63, 3.8) is 0 Å². The summed E-state index contributed by atoms with van der Waals surface area (Å²) in [6, 6.07) is 10.8. The first-order chi connectivity index (χ1) is 15.2. The number of ether oxygens (including phenoxy) is 2. The molecular weight excluding hydrogens is 396 g/mol. The third-order valence-electron chi connectivity index (χ3n) is 5.37. The van der Waals surface area contributed by atoms with Crippen molar-refractivity contribution in [3.05, 3.63) is 59.6 Å². The lowest BCUT2D eigenvalue weighted by molar-refractivity contribution is 0.0921. The van der Waals surface area contributed by atoms with E-state index in [-0.39, 0.29) is 18.3 Å². The topological polar surface area (TPSA) is 91.4 Å². The molecule has 1 aliphatic heterocycles. The molecular formula is C23H28N4O4. The Labute approximate surface area is 181 Å². The van der Waals surface area contributed by atoms with Crippen molar-refractivity contribution in [2.45, 2.75) is 51.7 Å². The Morgan fingerprint density at radius 1 is 1.13 bits per heavy atom. The molecule has 164 valence electrons. The van der Waals surface area contributed by atoms with E-state index in [1.807, 2.05) is 24.3 Å². The van der Waals surface area contributed by atoms with Crippen LogP contribution in [0, 0.1) is 0 Å². The molecule has 4 rings (SSSR count). The van der Waals surface area contributed by atoms with Crippen LogP contribution in [0.2, 0.25) is 0 Å². The van der Waals surface area contributed by atoms with Crippen LogP contribution in [0.5, 0.6) is 11.5 Å². The van der Waals surface area contributed by atoms with Crippen molar-refractivity contribution in [2.75, 3.05) is 13.7 Å². The lowest BCUT2D eigenvalue weighted by Crippen LogP contribution is -2.24. The number of aromatic nitrogens is 3. The molecule has 0 aliphatic carbocycles. The number of hydrogen-bond donors (Lipinski definition) is 1. The van der Waals surface area contributed by atoms with Gasteiger partial charge in [0.1, 0.15) is 24.0 Å². The zero-order valence-corrected chi connectivity index (χ0v) is 17.8. The fourth-order valence-electron chi connectivity index (χ4n) is 3.73. The third kappa shape index (κ3) is 5.25. The minimum atomic E-state index is -0.233. The van der Waals surface area contributed by atoms with Crippen molar-refractivity contribution in [1.29, 1.82) is 0 Å². The molecule has 2 aromatic heterocycles. The van der Waals surface area contributed by atoms with Gasteiger partial charge in [-0.3, -0.25) is 4.79 Å². The highest BCUT2D eigenvalue weighted by Gasteiger charge is 2.15. The van der Waals surface area contributed by atoms with E-state index in [0.717, 1.165) is 37.5 Å². The van der Waals surface area contributed by atoms with E-state index in [9.17, 15) is 4.79 Å². The quantitative estimate of drug-likeness (QED) is 0.528. The number of hydrogen-bond acceptors (Lipinski definition) is 6. The molecule has 1 aliphatic rings. The number of nitrogens with zero attached hydrogens (tertiary/aromatic N) is 3. The molecule has 0 spiro atoms. The van der Waals surface area contributed by atoms with Gasteiger partial charge in [-0.2, -0.15) is 0 Å². The fourth-order valence-corrected chi connectivity index (χ4v) is 3.73. The zero-order chi connectivity index (χ0) is 21.5. The van der Waals surface area contributed by atoms with Crippen LogP contribution in [-0.2, 0) is 26.0 Å². The normalized spacial score (nSPS) is 13.3. The van der Waals surface area contributed by atoms with Gasteiger partial charge in [-0.15, -0.1) is 10.2 Å². The first-order valence-electron chi connectivity index (χ1n) is 10.8. The molecule has 8 heteroatoms. The first kappa shape index (κ1) is 21.0. The largest absolute Gasteiger partial charge is 0.493 e. The number of nitrogens with one attached hydrogen (secondary N) is 1. The van der Waals surface area contributed by atoms with Crippen molar-refractivity contribution >= 4 is 5.91 Å². The Morgan fingerprint density at radius 2 is 2.00 bits per heavy atom. The summed E-state index contributed by atoms with van der Waals surface area (Å²) in [5.74, 6) is 3.99. The molecule has 1 amide bonds. The molecule has 3 aromatic rings. The molecule has 8 nitrogen and oxygen atoms in total. The van der Waals surface area contributed by atoms with Crippen LogP contribution in [0.15, 0.2) is 40.8 Å². The number of para-hydroxylation sites is 2. The zero-order valence-electron chi connectivity index (χ0n) is 17.8. The highest BCUT2D eigenvalue weighted by Crippen LogP contribution is 2.26. The molecule has 0 atom stereocenters. The van der Waals surface area contributed by atoms with Gasteiger partial charge < -0.3 is 23.8 Å². The van der Waals surface area contributed by atoms with Gasteiger partial charge in [-0.25, -0.2) is 0 Å². The van der Waals surface area contributed by atoms with E-state index in [1.54, 1.807) is 19.2 Å². The van der Waals surface area contributed by atoms with E-state index in [1.165, 1.54) is 19.3 Å². The molecule has 0 fully saturated rings. The Bertz CT molecular complexity index is 1010. The number of amides is 1. The summed E-state index contributed by atoms with van der Waals surface area (Å²) in [5.41, 5.74) is 0. The Morgan fingerprint density at radius 3 is 2.87 bits per heavy atom. The van der Waals surface area contributed by atoms with Crippen LogP contribution in [-0.4, -0.2) is 34.3 Å². The van der Waals surface area contributed by atoms with Gasteiger partial charge in [-0.1, -0.05) is 18.6 Å². The number of fused-ring (bicyclic) bond motifs is 1. The van der Waals surface area contributed by atoms with Crippen LogP contribution in [0.25, 0.3) is 0 Å². The van der Waals surface area contributed by atoms with E-state index in [2.05, 4.69) is 20.1 Å². The Hall–Kier alpha value is -3.29. The molecule has 0 bridgehead atoms. The predicted molar refractivity (Wildman–Crippen MR) is 114 cm³/mol. The van der Waals surface area contributed by atoms with Crippen LogP contribution >= 0.6 is 0 Å².